The van der Waals surface area contributed by atoms with Gasteiger partial charge in [-0.05, 0) is 25.0 Å². The van der Waals surface area contributed by atoms with Crippen molar-refractivity contribution in [2.75, 3.05) is 19.0 Å². The van der Waals surface area contributed by atoms with Crippen LogP contribution in [0.2, 0.25) is 0 Å². The van der Waals surface area contributed by atoms with Crippen LogP contribution in [-0.4, -0.2) is 28.6 Å². The zero-order valence-electron chi connectivity index (χ0n) is 12.2. The van der Waals surface area contributed by atoms with Crippen molar-refractivity contribution >= 4 is 5.82 Å². The summed E-state index contributed by atoms with van der Waals surface area (Å²) in [5.41, 5.74) is 2.72. The van der Waals surface area contributed by atoms with Gasteiger partial charge in [0.05, 0.1) is 12.3 Å². The molecule has 0 aliphatic rings. The van der Waals surface area contributed by atoms with Crippen LogP contribution >= 0.6 is 0 Å². The second-order valence-electron chi connectivity index (χ2n) is 4.60. The molecule has 0 aromatic carbocycles. The number of hydrogen-bond donors (Lipinski definition) is 1. The molecular formula is C15H20N4O. The number of rotatable bonds is 6. The molecule has 0 unspecified atom stereocenters. The first-order valence-electron chi connectivity index (χ1n) is 6.77. The maximum absolute atomic E-state index is 5.17. The predicted octanol–water partition coefficient (Wildman–Crippen LogP) is 2.82. The number of anilines is 1. The van der Waals surface area contributed by atoms with Gasteiger partial charge in [0.15, 0.2) is 5.82 Å². The second kappa shape index (κ2) is 6.96. The summed E-state index contributed by atoms with van der Waals surface area (Å²) >= 11 is 0. The quantitative estimate of drug-likeness (QED) is 0.876. The highest BCUT2D eigenvalue weighted by molar-refractivity contribution is 5.56. The third-order valence-electron chi connectivity index (χ3n) is 2.85. The summed E-state index contributed by atoms with van der Waals surface area (Å²) < 4.78 is 5.17. The Hall–Kier alpha value is -2.01. The summed E-state index contributed by atoms with van der Waals surface area (Å²) in [6.45, 7) is 5.47. The van der Waals surface area contributed by atoms with E-state index in [1.807, 2.05) is 25.1 Å². The van der Waals surface area contributed by atoms with Gasteiger partial charge in [0.2, 0.25) is 0 Å². The van der Waals surface area contributed by atoms with Crippen molar-refractivity contribution in [3.05, 3.63) is 35.7 Å². The lowest BCUT2D eigenvalue weighted by molar-refractivity contribution is 0.181. The van der Waals surface area contributed by atoms with Gasteiger partial charge in [-0.25, -0.2) is 9.97 Å². The van der Waals surface area contributed by atoms with Crippen LogP contribution in [-0.2, 0) is 11.3 Å². The number of nitrogens with one attached hydrogen (secondary N) is 1. The molecule has 0 aliphatic carbocycles. The van der Waals surface area contributed by atoms with Crippen LogP contribution in [0.15, 0.2) is 24.4 Å². The summed E-state index contributed by atoms with van der Waals surface area (Å²) in [6, 6.07) is 5.84. The molecule has 106 valence electrons. The Balaban J connectivity index is 2.40. The van der Waals surface area contributed by atoms with E-state index in [1.165, 1.54) is 0 Å². The van der Waals surface area contributed by atoms with E-state index < -0.39 is 0 Å². The molecule has 0 spiro atoms. The van der Waals surface area contributed by atoms with Crippen LogP contribution in [0.5, 0.6) is 0 Å². The minimum atomic E-state index is 0.461. The molecule has 20 heavy (non-hydrogen) atoms. The topological polar surface area (TPSA) is 59.9 Å². The monoisotopic (exact) mass is 272 g/mol. The fraction of sp³-hybridized carbons (Fsp3) is 0.400. The van der Waals surface area contributed by atoms with Crippen LogP contribution < -0.4 is 5.32 Å². The van der Waals surface area contributed by atoms with Crippen molar-refractivity contribution in [3.8, 4) is 11.5 Å². The first kappa shape index (κ1) is 14.4. The Kier molecular flexibility index (Phi) is 5.01. The minimum absolute atomic E-state index is 0.461. The molecule has 1 N–H and O–H groups in total. The highest BCUT2D eigenvalue weighted by atomic mass is 16.5. The number of ether oxygens (including phenoxy) is 1. The number of aryl methyl sites for hydroxylation is 1. The summed E-state index contributed by atoms with van der Waals surface area (Å²) in [4.78, 5) is 13.4. The van der Waals surface area contributed by atoms with Crippen LogP contribution in [0.3, 0.4) is 0 Å². The van der Waals surface area contributed by atoms with Crippen LogP contribution in [0.25, 0.3) is 11.5 Å². The number of pyridine rings is 1. The lowest BCUT2D eigenvalue weighted by Crippen LogP contribution is -2.07. The van der Waals surface area contributed by atoms with Crippen molar-refractivity contribution < 1.29 is 4.74 Å². The Labute approximate surface area is 119 Å². The van der Waals surface area contributed by atoms with Gasteiger partial charge in [-0.2, -0.15) is 0 Å². The standard InChI is InChI=1S/C15H20N4O/c1-4-7-16-13-9-12(10-20-3)18-15(19-13)14-11(2)6-5-8-17-14/h5-6,8-9H,4,7,10H2,1-3H3,(H,16,18,19). The summed E-state index contributed by atoms with van der Waals surface area (Å²) in [6.07, 6.45) is 2.80. The summed E-state index contributed by atoms with van der Waals surface area (Å²) in [5.74, 6) is 1.45. The Morgan fingerprint density at radius 2 is 2.15 bits per heavy atom. The number of methoxy groups -OCH3 is 1. The fourth-order valence-electron chi connectivity index (χ4n) is 1.89. The van der Waals surface area contributed by atoms with Gasteiger partial charge in [0.25, 0.3) is 0 Å². The Bertz CT molecular complexity index is 572. The zero-order chi connectivity index (χ0) is 14.4. The van der Waals surface area contributed by atoms with Crippen molar-refractivity contribution in [1.29, 1.82) is 0 Å². The van der Waals surface area contributed by atoms with E-state index in [0.29, 0.717) is 12.4 Å². The molecule has 2 aromatic heterocycles. The number of nitrogens with zero attached hydrogens (tertiary/aromatic N) is 3. The number of hydrogen-bond acceptors (Lipinski definition) is 5. The average Bonchev–Trinajstić information content (AvgIpc) is 2.46. The molecule has 0 saturated carbocycles. The molecule has 0 atom stereocenters. The lowest BCUT2D eigenvalue weighted by atomic mass is 10.2. The van der Waals surface area contributed by atoms with E-state index in [-0.39, 0.29) is 0 Å². The maximum atomic E-state index is 5.17. The third kappa shape index (κ3) is 3.51. The van der Waals surface area contributed by atoms with E-state index in [0.717, 1.165) is 35.7 Å². The van der Waals surface area contributed by atoms with Gasteiger partial charge >= 0.3 is 0 Å². The van der Waals surface area contributed by atoms with Crippen LogP contribution in [0.1, 0.15) is 24.6 Å². The highest BCUT2D eigenvalue weighted by Crippen LogP contribution is 2.19. The molecule has 2 rings (SSSR count). The molecule has 0 aliphatic heterocycles. The summed E-state index contributed by atoms with van der Waals surface area (Å²) in [7, 11) is 1.66. The largest absolute Gasteiger partial charge is 0.378 e. The fourth-order valence-corrected chi connectivity index (χ4v) is 1.89. The predicted molar refractivity (Wildman–Crippen MR) is 79.5 cm³/mol. The van der Waals surface area contributed by atoms with Crippen molar-refractivity contribution in [2.24, 2.45) is 0 Å². The average molecular weight is 272 g/mol. The number of aromatic nitrogens is 3. The van der Waals surface area contributed by atoms with E-state index in [9.17, 15) is 0 Å². The van der Waals surface area contributed by atoms with Gasteiger partial charge in [-0.3, -0.25) is 4.98 Å². The van der Waals surface area contributed by atoms with Gasteiger partial charge < -0.3 is 10.1 Å². The van der Waals surface area contributed by atoms with Gasteiger partial charge in [-0.15, -0.1) is 0 Å². The first-order valence-corrected chi connectivity index (χ1v) is 6.77. The van der Waals surface area contributed by atoms with E-state index >= 15 is 0 Å². The van der Waals surface area contributed by atoms with Gasteiger partial charge in [-0.1, -0.05) is 13.0 Å². The van der Waals surface area contributed by atoms with E-state index in [4.69, 9.17) is 4.74 Å². The Morgan fingerprint density at radius 1 is 1.30 bits per heavy atom. The molecule has 5 heteroatoms. The van der Waals surface area contributed by atoms with Gasteiger partial charge in [0, 0.05) is 25.9 Å². The van der Waals surface area contributed by atoms with E-state index in [1.54, 1.807) is 13.3 Å². The molecular weight excluding hydrogens is 252 g/mol. The molecule has 2 aromatic rings. The zero-order valence-corrected chi connectivity index (χ0v) is 12.2. The van der Waals surface area contributed by atoms with Crippen molar-refractivity contribution in [1.82, 2.24) is 15.0 Å². The van der Waals surface area contributed by atoms with Crippen LogP contribution in [0, 0.1) is 6.92 Å². The van der Waals surface area contributed by atoms with Gasteiger partial charge in [0.1, 0.15) is 11.5 Å². The molecule has 0 fully saturated rings. The smallest absolute Gasteiger partial charge is 0.180 e. The molecule has 2 heterocycles. The molecule has 5 nitrogen and oxygen atoms in total. The SMILES string of the molecule is CCCNc1cc(COC)nc(-c2ncccc2C)n1. The summed E-state index contributed by atoms with van der Waals surface area (Å²) in [5, 5.41) is 3.29. The molecule has 0 saturated heterocycles. The normalized spacial score (nSPS) is 10.6. The van der Waals surface area contributed by atoms with Crippen molar-refractivity contribution in [2.45, 2.75) is 26.9 Å². The molecule has 0 bridgehead atoms. The first-order chi connectivity index (χ1) is 9.74. The second-order valence-corrected chi connectivity index (χ2v) is 4.60. The maximum Gasteiger partial charge on any atom is 0.180 e. The van der Waals surface area contributed by atoms with Crippen molar-refractivity contribution in [3.63, 3.8) is 0 Å². The lowest BCUT2D eigenvalue weighted by Gasteiger charge is -2.10. The van der Waals surface area contributed by atoms with Crippen LogP contribution in [0.4, 0.5) is 5.82 Å². The highest BCUT2D eigenvalue weighted by Gasteiger charge is 2.10. The Morgan fingerprint density at radius 3 is 2.85 bits per heavy atom. The molecule has 0 amide bonds. The molecule has 0 radical (unpaired) electrons. The minimum Gasteiger partial charge on any atom is -0.378 e. The third-order valence-corrected chi connectivity index (χ3v) is 2.85. The van der Waals surface area contributed by atoms with E-state index in [2.05, 4.69) is 27.2 Å².